The number of ether oxygens (including phenoxy) is 1. The molecule has 1 atom stereocenters. The topological polar surface area (TPSA) is 93.5 Å². The van der Waals surface area contributed by atoms with Crippen LogP contribution in [0.3, 0.4) is 0 Å². The normalized spacial score (nSPS) is 21.0. The Hall–Kier alpha value is -3.23. The summed E-state index contributed by atoms with van der Waals surface area (Å²) in [6.07, 6.45) is 6.17. The summed E-state index contributed by atoms with van der Waals surface area (Å²) < 4.78 is 20.9. The molecular weight excluding hydrogens is 439 g/mol. The van der Waals surface area contributed by atoms with Gasteiger partial charge in [-0.3, -0.25) is 14.3 Å². The molecule has 1 aromatic carbocycles. The highest BCUT2D eigenvalue weighted by Gasteiger charge is 2.48. The van der Waals surface area contributed by atoms with Gasteiger partial charge in [-0.1, -0.05) is 43.9 Å². The van der Waals surface area contributed by atoms with Crippen molar-refractivity contribution < 1.29 is 23.5 Å². The van der Waals surface area contributed by atoms with E-state index >= 15 is 0 Å². The standard InChI is InChI=1S/C25H31FN4O4/c1-3-34-23(32)20-14-21-22(31)29(15-17-10-8-9-13-19(17)26)25(2,16-30(21)28-20)24(33)27-18-11-6-4-5-7-12-18/h8-10,13-14,18H,3-7,11-12,15-16H2,1-2H3,(H,27,33). The zero-order valence-electron chi connectivity index (χ0n) is 19.7. The number of carbonyl (C=O) groups is 3. The quantitative estimate of drug-likeness (QED) is 0.516. The molecule has 1 fully saturated rings. The highest BCUT2D eigenvalue weighted by Crippen LogP contribution is 2.31. The molecular formula is C25H31FN4O4. The second kappa shape index (κ2) is 9.95. The van der Waals surface area contributed by atoms with Crippen molar-refractivity contribution in [2.45, 2.75) is 77.0 Å². The Morgan fingerprint density at radius 1 is 1.21 bits per heavy atom. The second-order valence-electron chi connectivity index (χ2n) is 9.21. The number of hydrogen-bond donors (Lipinski definition) is 1. The van der Waals surface area contributed by atoms with Crippen LogP contribution in [0.5, 0.6) is 0 Å². The summed E-state index contributed by atoms with van der Waals surface area (Å²) in [5.41, 5.74) is -0.845. The number of fused-ring (bicyclic) bond motifs is 1. The van der Waals surface area contributed by atoms with Crippen molar-refractivity contribution in [2.24, 2.45) is 0 Å². The number of carbonyl (C=O) groups excluding carboxylic acids is 3. The van der Waals surface area contributed by atoms with Crippen LogP contribution < -0.4 is 5.32 Å². The first-order chi connectivity index (χ1) is 16.3. The Labute approximate surface area is 198 Å². The first-order valence-corrected chi connectivity index (χ1v) is 11.9. The molecule has 2 amide bonds. The van der Waals surface area contributed by atoms with Crippen LogP contribution >= 0.6 is 0 Å². The first-order valence-electron chi connectivity index (χ1n) is 11.9. The van der Waals surface area contributed by atoms with Gasteiger partial charge in [-0.05, 0) is 32.8 Å². The zero-order chi connectivity index (χ0) is 24.3. The maximum absolute atomic E-state index is 14.5. The molecule has 0 bridgehead atoms. The van der Waals surface area contributed by atoms with Crippen LogP contribution in [0.4, 0.5) is 4.39 Å². The molecule has 1 aromatic heterocycles. The van der Waals surface area contributed by atoms with Gasteiger partial charge >= 0.3 is 5.97 Å². The molecule has 1 aliphatic heterocycles. The summed E-state index contributed by atoms with van der Waals surface area (Å²) >= 11 is 0. The van der Waals surface area contributed by atoms with Crippen molar-refractivity contribution in [2.75, 3.05) is 6.61 Å². The van der Waals surface area contributed by atoms with Crippen LogP contribution in [0.2, 0.25) is 0 Å². The van der Waals surface area contributed by atoms with Crippen LogP contribution in [-0.4, -0.2) is 50.7 Å². The molecule has 1 aliphatic carbocycles. The fourth-order valence-corrected chi connectivity index (χ4v) is 4.76. The first kappa shape index (κ1) is 23.9. The molecule has 1 saturated carbocycles. The molecule has 2 heterocycles. The Morgan fingerprint density at radius 2 is 1.91 bits per heavy atom. The minimum absolute atomic E-state index is 0.00414. The Balaban J connectivity index is 1.69. The van der Waals surface area contributed by atoms with E-state index in [9.17, 15) is 18.8 Å². The number of rotatable bonds is 6. The summed E-state index contributed by atoms with van der Waals surface area (Å²) in [5.74, 6) is -1.88. The Kier molecular flexibility index (Phi) is 7.00. The predicted octanol–water partition coefficient (Wildman–Crippen LogP) is 3.45. The van der Waals surface area contributed by atoms with Crippen molar-refractivity contribution in [3.8, 4) is 0 Å². The van der Waals surface area contributed by atoms with E-state index < -0.39 is 23.2 Å². The molecule has 0 saturated heterocycles. The van der Waals surface area contributed by atoms with Gasteiger partial charge in [0, 0.05) is 17.7 Å². The van der Waals surface area contributed by atoms with Crippen LogP contribution in [-0.2, 0) is 22.6 Å². The van der Waals surface area contributed by atoms with Crippen LogP contribution in [0.25, 0.3) is 0 Å². The lowest BCUT2D eigenvalue weighted by molar-refractivity contribution is -0.134. The average Bonchev–Trinajstić information content (AvgIpc) is 3.07. The number of hydrogen-bond acceptors (Lipinski definition) is 5. The monoisotopic (exact) mass is 470 g/mol. The maximum atomic E-state index is 14.5. The highest BCUT2D eigenvalue weighted by molar-refractivity contribution is 6.01. The number of aromatic nitrogens is 2. The van der Waals surface area contributed by atoms with Gasteiger partial charge in [-0.15, -0.1) is 0 Å². The van der Waals surface area contributed by atoms with Gasteiger partial charge in [-0.2, -0.15) is 5.10 Å². The maximum Gasteiger partial charge on any atom is 0.358 e. The van der Waals surface area contributed by atoms with Gasteiger partial charge in [0.05, 0.1) is 19.7 Å². The number of amides is 2. The van der Waals surface area contributed by atoms with Crippen LogP contribution in [0.1, 0.15) is 78.9 Å². The second-order valence-corrected chi connectivity index (χ2v) is 9.21. The Bertz CT molecular complexity index is 1080. The summed E-state index contributed by atoms with van der Waals surface area (Å²) in [7, 11) is 0. The van der Waals surface area contributed by atoms with E-state index in [-0.39, 0.29) is 43.0 Å². The van der Waals surface area contributed by atoms with E-state index in [4.69, 9.17) is 4.74 Å². The van der Waals surface area contributed by atoms with Gasteiger partial charge < -0.3 is 15.0 Å². The van der Waals surface area contributed by atoms with E-state index in [1.807, 2.05) is 0 Å². The van der Waals surface area contributed by atoms with Crippen LogP contribution in [0.15, 0.2) is 30.3 Å². The lowest BCUT2D eigenvalue weighted by atomic mass is 9.93. The molecule has 0 radical (unpaired) electrons. The third-order valence-electron chi connectivity index (χ3n) is 6.75. The average molecular weight is 471 g/mol. The summed E-state index contributed by atoms with van der Waals surface area (Å²) in [4.78, 5) is 40.9. The minimum atomic E-state index is -1.32. The van der Waals surface area contributed by atoms with Gasteiger partial charge in [0.25, 0.3) is 5.91 Å². The largest absolute Gasteiger partial charge is 0.461 e. The lowest BCUT2D eigenvalue weighted by Gasteiger charge is -2.44. The Morgan fingerprint density at radius 3 is 2.59 bits per heavy atom. The number of esters is 1. The van der Waals surface area contributed by atoms with E-state index in [1.165, 1.54) is 21.7 Å². The number of halogens is 1. The number of nitrogens with zero attached hydrogens (tertiary/aromatic N) is 3. The molecule has 34 heavy (non-hydrogen) atoms. The van der Waals surface area contributed by atoms with Gasteiger partial charge in [0.15, 0.2) is 5.69 Å². The zero-order valence-corrected chi connectivity index (χ0v) is 19.7. The van der Waals surface area contributed by atoms with Crippen LogP contribution in [0, 0.1) is 5.82 Å². The number of benzene rings is 1. The van der Waals surface area contributed by atoms with Crippen molar-refractivity contribution >= 4 is 17.8 Å². The van der Waals surface area contributed by atoms with Crippen molar-refractivity contribution in [3.05, 3.63) is 53.1 Å². The van der Waals surface area contributed by atoms with E-state index in [1.54, 1.807) is 32.0 Å². The van der Waals surface area contributed by atoms with E-state index in [0.29, 0.717) is 5.56 Å². The van der Waals surface area contributed by atoms with Gasteiger partial charge in [0.2, 0.25) is 5.91 Å². The molecule has 2 aromatic rings. The minimum Gasteiger partial charge on any atom is -0.461 e. The van der Waals surface area contributed by atoms with Crippen molar-refractivity contribution in [1.29, 1.82) is 0 Å². The molecule has 8 nitrogen and oxygen atoms in total. The molecule has 182 valence electrons. The lowest BCUT2D eigenvalue weighted by Crippen LogP contribution is -2.64. The third kappa shape index (κ3) is 4.69. The summed E-state index contributed by atoms with van der Waals surface area (Å²) in [6.45, 7) is 3.49. The SMILES string of the molecule is CCOC(=O)c1cc2n(n1)CC(C)(C(=O)NC1CCCCCC1)N(Cc1ccccc1F)C2=O. The molecule has 4 rings (SSSR count). The fraction of sp³-hybridized carbons (Fsp3) is 0.520. The molecule has 1 N–H and O–H groups in total. The van der Waals surface area contributed by atoms with Gasteiger partial charge in [-0.25, -0.2) is 9.18 Å². The molecule has 9 heteroatoms. The van der Waals surface area contributed by atoms with E-state index in [2.05, 4.69) is 10.4 Å². The van der Waals surface area contributed by atoms with E-state index in [0.717, 1.165) is 38.5 Å². The summed E-state index contributed by atoms with van der Waals surface area (Å²) in [6, 6.07) is 7.61. The number of nitrogens with one attached hydrogen (secondary N) is 1. The highest BCUT2D eigenvalue weighted by atomic mass is 19.1. The summed E-state index contributed by atoms with van der Waals surface area (Å²) in [5, 5.41) is 7.40. The smallest absolute Gasteiger partial charge is 0.358 e. The third-order valence-corrected chi connectivity index (χ3v) is 6.75. The predicted molar refractivity (Wildman–Crippen MR) is 122 cm³/mol. The van der Waals surface area contributed by atoms with Gasteiger partial charge in [0.1, 0.15) is 17.1 Å². The van der Waals surface area contributed by atoms with Crippen molar-refractivity contribution in [1.82, 2.24) is 20.0 Å². The fourth-order valence-electron chi connectivity index (χ4n) is 4.76. The molecule has 0 spiro atoms. The molecule has 2 aliphatic rings. The molecule has 1 unspecified atom stereocenters. The van der Waals surface area contributed by atoms with Crippen molar-refractivity contribution in [3.63, 3.8) is 0 Å².